The Labute approximate surface area is 135 Å². The third kappa shape index (κ3) is 4.76. The summed E-state index contributed by atoms with van der Waals surface area (Å²) in [6.45, 7) is 5.06. The average Bonchev–Trinajstić information content (AvgIpc) is 2.95. The van der Waals surface area contributed by atoms with Crippen LogP contribution >= 0.6 is 11.3 Å². The van der Waals surface area contributed by atoms with Crippen molar-refractivity contribution in [2.45, 2.75) is 52.4 Å². The topological polar surface area (TPSA) is 75.2 Å². The molecule has 0 aliphatic carbocycles. The number of nitrogens with one attached hydrogen (secondary N) is 1. The van der Waals surface area contributed by atoms with Gasteiger partial charge in [0.1, 0.15) is 5.01 Å². The maximum atomic E-state index is 12.2. The molecule has 0 aromatic carbocycles. The van der Waals surface area contributed by atoms with E-state index in [1.54, 1.807) is 11.8 Å². The predicted octanol–water partition coefficient (Wildman–Crippen LogP) is 2.47. The van der Waals surface area contributed by atoms with Crippen LogP contribution in [0.5, 0.6) is 0 Å². The Morgan fingerprint density at radius 1 is 1.27 bits per heavy atom. The van der Waals surface area contributed by atoms with Gasteiger partial charge in [-0.15, -0.1) is 10.2 Å². The standard InChI is InChI=1S/C15H24N4O2S/c1-3-4-5-6-13-17-18-15(22-13)16-14(21)12-7-9-19(10-8-12)11(2)20/h12H,3-10H2,1-2H3,(H,16,18,21). The number of rotatable bonds is 6. The van der Waals surface area contributed by atoms with Crippen LogP contribution in [0.4, 0.5) is 5.13 Å². The van der Waals surface area contributed by atoms with E-state index in [4.69, 9.17) is 0 Å². The number of likely N-dealkylation sites (tertiary alicyclic amines) is 1. The Bertz CT molecular complexity index is 509. The van der Waals surface area contributed by atoms with Crippen LogP contribution in [0.1, 0.15) is 51.0 Å². The van der Waals surface area contributed by atoms with Gasteiger partial charge in [-0.3, -0.25) is 9.59 Å². The molecule has 1 saturated heterocycles. The summed E-state index contributed by atoms with van der Waals surface area (Å²) in [5.41, 5.74) is 0. The summed E-state index contributed by atoms with van der Waals surface area (Å²) in [7, 11) is 0. The van der Waals surface area contributed by atoms with E-state index in [1.807, 2.05) is 0 Å². The van der Waals surface area contributed by atoms with Crippen molar-refractivity contribution >= 4 is 28.3 Å². The summed E-state index contributed by atoms with van der Waals surface area (Å²) in [6, 6.07) is 0. The second kappa shape index (κ2) is 8.22. The molecule has 0 spiro atoms. The summed E-state index contributed by atoms with van der Waals surface area (Å²) >= 11 is 1.46. The number of unbranched alkanes of at least 4 members (excludes halogenated alkanes) is 2. The van der Waals surface area contributed by atoms with E-state index in [1.165, 1.54) is 24.2 Å². The zero-order chi connectivity index (χ0) is 15.9. The van der Waals surface area contributed by atoms with E-state index in [-0.39, 0.29) is 17.7 Å². The van der Waals surface area contributed by atoms with Crippen molar-refractivity contribution in [2.75, 3.05) is 18.4 Å². The molecule has 1 aromatic heterocycles. The van der Waals surface area contributed by atoms with E-state index >= 15 is 0 Å². The molecule has 2 rings (SSSR count). The Balaban J connectivity index is 1.79. The average molecular weight is 324 g/mol. The normalized spacial score (nSPS) is 15.8. The van der Waals surface area contributed by atoms with Gasteiger partial charge in [-0.1, -0.05) is 31.1 Å². The molecule has 7 heteroatoms. The van der Waals surface area contributed by atoms with Gasteiger partial charge >= 0.3 is 0 Å². The second-order valence-electron chi connectivity index (χ2n) is 5.73. The first-order valence-corrected chi connectivity index (χ1v) is 8.80. The van der Waals surface area contributed by atoms with Crippen molar-refractivity contribution < 1.29 is 9.59 Å². The van der Waals surface area contributed by atoms with Crippen LogP contribution < -0.4 is 5.32 Å². The summed E-state index contributed by atoms with van der Waals surface area (Å²) in [4.78, 5) is 25.3. The maximum Gasteiger partial charge on any atom is 0.229 e. The monoisotopic (exact) mass is 324 g/mol. The smallest absolute Gasteiger partial charge is 0.229 e. The van der Waals surface area contributed by atoms with Gasteiger partial charge in [-0.25, -0.2) is 0 Å². The third-order valence-corrected chi connectivity index (χ3v) is 4.90. The number of piperidine rings is 1. The van der Waals surface area contributed by atoms with E-state index in [0.717, 1.165) is 17.8 Å². The van der Waals surface area contributed by atoms with Crippen molar-refractivity contribution in [1.82, 2.24) is 15.1 Å². The zero-order valence-corrected chi connectivity index (χ0v) is 14.1. The molecule has 2 amide bonds. The molecule has 1 fully saturated rings. The zero-order valence-electron chi connectivity index (χ0n) is 13.3. The minimum Gasteiger partial charge on any atom is -0.343 e. The Morgan fingerprint density at radius 2 is 2.00 bits per heavy atom. The van der Waals surface area contributed by atoms with Gasteiger partial charge in [0, 0.05) is 32.4 Å². The number of hydrogen-bond acceptors (Lipinski definition) is 5. The van der Waals surface area contributed by atoms with Gasteiger partial charge < -0.3 is 10.2 Å². The summed E-state index contributed by atoms with van der Waals surface area (Å²) < 4.78 is 0. The van der Waals surface area contributed by atoms with Crippen molar-refractivity contribution in [3.05, 3.63) is 5.01 Å². The molecule has 1 N–H and O–H groups in total. The lowest BCUT2D eigenvalue weighted by molar-refractivity contribution is -0.132. The SMILES string of the molecule is CCCCCc1nnc(NC(=O)C2CCN(C(C)=O)CC2)s1. The second-order valence-corrected chi connectivity index (χ2v) is 6.79. The maximum absolute atomic E-state index is 12.2. The first-order valence-electron chi connectivity index (χ1n) is 7.99. The molecule has 22 heavy (non-hydrogen) atoms. The highest BCUT2D eigenvalue weighted by Crippen LogP contribution is 2.22. The number of carbonyl (C=O) groups is 2. The highest BCUT2D eigenvalue weighted by molar-refractivity contribution is 7.15. The quantitative estimate of drug-likeness (QED) is 0.816. The molecule has 0 radical (unpaired) electrons. The van der Waals surface area contributed by atoms with Crippen molar-refractivity contribution in [3.63, 3.8) is 0 Å². The Morgan fingerprint density at radius 3 is 2.64 bits per heavy atom. The fraction of sp³-hybridized carbons (Fsp3) is 0.733. The van der Waals surface area contributed by atoms with Crippen LogP contribution in [0.25, 0.3) is 0 Å². The number of amides is 2. The van der Waals surface area contributed by atoms with Crippen LogP contribution in [0.2, 0.25) is 0 Å². The first-order chi connectivity index (χ1) is 10.6. The van der Waals surface area contributed by atoms with Gasteiger partial charge in [-0.05, 0) is 19.3 Å². The Kier molecular flexibility index (Phi) is 6.30. The molecule has 1 aliphatic heterocycles. The minimum absolute atomic E-state index is 0.000500. The lowest BCUT2D eigenvalue weighted by Crippen LogP contribution is -2.40. The molecule has 6 nitrogen and oxygen atoms in total. The van der Waals surface area contributed by atoms with Crippen molar-refractivity contribution in [3.8, 4) is 0 Å². The lowest BCUT2D eigenvalue weighted by Gasteiger charge is -2.30. The molecule has 0 saturated carbocycles. The number of carbonyl (C=O) groups excluding carboxylic acids is 2. The summed E-state index contributed by atoms with van der Waals surface area (Å²) in [5.74, 6) is 0.0437. The highest BCUT2D eigenvalue weighted by atomic mass is 32.1. The van der Waals surface area contributed by atoms with Crippen LogP contribution in [-0.2, 0) is 16.0 Å². The van der Waals surface area contributed by atoms with Crippen molar-refractivity contribution in [1.29, 1.82) is 0 Å². The van der Waals surface area contributed by atoms with E-state index < -0.39 is 0 Å². The van der Waals surface area contributed by atoms with Gasteiger partial charge in [0.05, 0.1) is 0 Å². The number of nitrogens with zero attached hydrogens (tertiary/aromatic N) is 3. The van der Waals surface area contributed by atoms with Crippen LogP contribution in [0.15, 0.2) is 0 Å². The summed E-state index contributed by atoms with van der Waals surface area (Å²) in [6.07, 6.45) is 5.85. The van der Waals surface area contributed by atoms with Gasteiger partial charge in [-0.2, -0.15) is 0 Å². The lowest BCUT2D eigenvalue weighted by atomic mass is 9.96. The van der Waals surface area contributed by atoms with Crippen molar-refractivity contribution in [2.24, 2.45) is 5.92 Å². The molecule has 0 unspecified atom stereocenters. The van der Waals surface area contributed by atoms with E-state index in [0.29, 0.717) is 31.1 Å². The van der Waals surface area contributed by atoms with Crippen LogP contribution in [0, 0.1) is 5.92 Å². The summed E-state index contributed by atoms with van der Waals surface area (Å²) in [5, 5.41) is 12.6. The first kappa shape index (κ1) is 16.9. The minimum atomic E-state index is -0.0389. The van der Waals surface area contributed by atoms with E-state index in [2.05, 4.69) is 22.4 Å². The molecule has 1 aliphatic rings. The number of aryl methyl sites for hydroxylation is 1. The molecular formula is C15H24N4O2S. The number of anilines is 1. The van der Waals surface area contributed by atoms with Gasteiger partial charge in [0.25, 0.3) is 0 Å². The fourth-order valence-electron chi connectivity index (χ4n) is 2.60. The molecule has 0 bridgehead atoms. The molecule has 2 heterocycles. The van der Waals surface area contributed by atoms with Crippen LogP contribution in [-0.4, -0.2) is 40.0 Å². The van der Waals surface area contributed by atoms with Gasteiger partial charge in [0.2, 0.25) is 16.9 Å². The molecular weight excluding hydrogens is 300 g/mol. The molecule has 0 atom stereocenters. The molecule has 1 aromatic rings. The van der Waals surface area contributed by atoms with E-state index in [9.17, 15) is 9.59 Å². The Hall–Kier alpha value is -1.50. The highest BCUT2D eigenvalue weighted by Gasteiger charge is 2.26. The predicted molar refractivity (Wildman–Crippen MR) is 86.7 cm³/mol. The molecule has 122 valence electrons. The number of aromatic nitrogens is 2. The van der Waals surface area contributed by atoms with Crippen LogP contribution in [0.3, 0.4) is 0 Å². The number of hydrogen-bond donors (Lipinski definition) is 1. The van der Waals surface area contributed by atoms with Gasteiger partial charge in [0.15, 0.2) is 0 Å². The third-order valence-electron chi connectivity index (χ3n) is 4.00. The fourth-order valence-corrected chi connectivity index (χ4v) is 3.38. The largest absolute Gasteiger partial charge is 0.343 e.